The number of nitrogens with one attached hydrogen (secondary N) is 1. The summed E-state index contributed by atoms with van der Waals surface area (Å²) in [6, 6.07) is 0. The highest BCUT2D eigenvalue weighted by molar-refractivity contribution is 8.14. The minimum atomic E-state index is -0.861. The van der Waals surface area contributed by atoms with Crippen LogP contribution in [-0.2, 0) is 0 Å². The maximum absolute atomic E-state index is 9.79. The maximum Gasteiger partial charge on any atom is 0.156 e. The van der Waals surface area contributed by atoms with E-state index in [0.29, 0.717) is 18.0 Å². The molecule has 0 aromatic carbocycles. The summed E-state index contributed by atoms with van der Waals surface area (Å²) in [6.45, 7) is 1.63. The SMILES string of the molecule is C[C@H](O)[C@H]1C[C@H](SC(=N)N(C)C)C[C@@H](O)C1O. The van der Waals surface area contributed by atoms with Crippen LogP contribution < -0.4 is 0 Å². The molecule has 17 heavy (non-hydrogen) atoms. The van der Waals surface area contributed by atoms with E-state index < -0.39 is 18.3 Å². The van der Waals surface area contributed by atoms with Crippen molar-refractivity contribution in [1.82, 2.24) is 4.90 Å². The van der Waals surface area contributed by atoms with Crippen molar-refractivity contribution in [3.05, 3.63) is 0 Å². The van der Waals surface area contributed by atoms with Crippen molar-refractivity contribution in [1.29, 1.82) is 5.41 Å². The van der Waals surface area contributed by atoms with Gasteiger partial charge in [0.1, 0.15) is 0 Å². The fraction of sp³-hybridized carbons (Fsp3) is 0.909. The van der Waals surface area contributed by atoms with Gasteiger partial charge in [0.05, 0.1) is 18.3 Å². The largest absolute Gasteiger partial charge is 0.393 e. The first-order chi connectivity index (χ1) is 7.82. The summed E-state index contributed by atoms with van der Waals surface area (Å²) in [4.78, 5) is 1.71. The van der Waals surface area contributed by atoms with E-state index >= 15 is 0 Å². The predicted molar refractivity (Wildman–Crippen MR) is 69.2 cm³/mol. The lowest BCUT2D eigenvalue weighted by atomic mass is 9.81. The minimum Gasteiger partial charge on any atom is -0.393 e. The van der Waals surface area contributed by atoms with Gasteiger partial charge in [0.25, 0.3) is 0 Å². The van der Waals surface area contributed by atoms with Crippen molar-refractivity contribution in [2.75, 3.05) is 14.1 Å². The first kappa shape index (κ1) is 14.8. The lowest BCUT2D eigenvalue weighted by Crippen LogP contribution is -2.46. The third-order valence-electron chi connectivity index (χ3n) is 3.18. The molecule has 0 aromatic heterocycles. The van der Waals surface area contributed by atoms with Gasteiger partial charge in [0.15, 0.2) is 5.17 Å². The summed E-state index contributed by atoms with van der Waals surface area (Å²) in [6.07, 6.45) is -1.23. The molecule has 100 valence electrons. The van der Waals surface area contributed by atoms with Crippen LogP contribution in [0.1, 0.15) is 19.8 Å². The van der Waals surface area contributed by atoms with Crippen molar-refractivity contribution in [3.63, 3.8) is 0 Å². The fourth-order valence-corrected chi connectivity index (χ4v) is 3.21. The van der Waals surface area contributed by atoms with E-state index in [1.54, 1.807) is 25.9 Å². The minimum absolute atomic E-state index is 0.0721. The second kappa shape index (κ2) is 6.04. The molecule has 0 spiro atoms. The van der Waals surface area contributed by atoms with E-state index in [-0.39, 0.29) is 11.2 Å². The average molecular weight is 262 g/mol. The Balaban J connectivity index is 2.61. The third-order valence-corrected chi connectivity index (χ3v) is 4.48. The lowest BCUT2D eigenvalue weighted by Gasteiger charge is -2.38. The molecule has 6 heteroatoms. The van der Waals surface area contributed by atoms with E-state index in [1.165, 1.54) is 11.8 Å². The molecule has 0 saturated heterocycles. The summed E-state index contributed by atoms with van der Waals surface area (Å²) in [5, 5.41) is 37.4. The maximum atomic E-state index is 9.79. The van der Waals surface area contributed by atoms with E-state index in [1.807, 2.05) is 0 Å². The smallest absolute Gasteiger partial charge is 0.156 e. The summed E-state index contributed by atoms with van der Waals surface area (Å²) < 4.78 is 0. The normalized spacial score (nSPS) is 35.4. The second-order valence-electron chi connectivity index (χ2n) is 4.87. The van der Waals surface area contributed by atoms with Gasteiger partial charge in [-0.05, 0) is 19.8 Å². The van der Waals surface area contributed by atoms with Crippen LogP contribution in [0.4, 0.5) is 0 Å². The number of hydrogen-bond donors (Lipinski definition) is 4. The zero-order chi connectivity index (χ0) is 13.2. The van der Waals surface area contributed by atoms with Gasteiger partial charge in [-0.2, -0.15) is 0 Å². The zero-order valence-corrected chi connectivity index (χ0v) is 11.3. The highest BCUT2D eigenvalue weighted by atomic mass is 32.2. The summed E-state index contributed by atoms with van der Waals surface area (Å²) in [7, 11) is 3.60. The predicted octanol–water partition coefficient (Wildman–Crippen LogP) is 0.0972. The van der Waals surface area contributed by atoms with Crippen molar-refractivity contribution in [2.24, 2.45) is 5.92 Å². The van der Waals surface area contributed by atoms with Crippen LogP contribution >= 0.6 is 11.8 Å². The monoisotopic (exact) mass is 262 g/mol. The number of hydrogen-bond acceptors (Lipinski definition) is 5. The van der Waals surface area contributed by atoms with Crippen LogP contribution in [0.5, 0.6) is 0 Å². The molecule has 5 atom stereocenters. The zero-order valence-electron chi connectivity index (χ0n) is 10.5. The van der Waals surface area contributed by atoms with Gasteiger partial charge in [-0.1, -0.05) is 11.8 Å². The average Bonchev–Trinajstić information content (AvgIpc) is 2.22. The summed E-state index contributed by atoms with van der Waals surface area (Å²) in [5.74, 6) is -0.314. The van der Waals surface area contributed by atoms with Gasteiger partial charge in [0, 0.05) is 25.3 Å². The molecular formula is C11H22N2O3S. The molecule has 4 N–H and O–H groups in total. The van der Waals surface area contributed by atoms with Crippen molar-refractivity contribution < 1.29 is 15.3 Å². The molecule has 5 nitrogen and oxygen atoms in total. The van der Waals surface area contributed by atoms with E-state index in [0.717, 1.165) is 0 Å². The Hall–Kier alpha value is -0.300. The second-order valence-corrected chi connectivity index (χ2v) is 6.16. The molecule has 1 aliphatic carbocycles. The summed E-state index contributed by atoms with van der Waals surface area (Å²) >= 11 is 1.38. The topological polar surface area (TPSA) is 87.8 Å². The molecule has 0 aliphatic heterocycles. The van der Waals surface area contributed by atoms with Gasteiger partial charge < -0.3 is 20.2 Å². The lowest BCUT2D eigenvalue weighted by molar-refractivity contribution is -0.0765. The van der Waals surface area contributed by atoms with Crippen molar-refractivity contribution in [2.45, 2.75) is 43.3 Å². The highest BCUT2D eigenvalue weighted by Gasteiger charge is 2.38. The van der Waals surface area contributed by atoms with Gasteiger partial charge in [-0.25, -0.2) is 0 Å². The number of rotatable bonds is 2. The molecule has 1 fully saturated rings. The Bertz CT molecular complexity index is 273. The first-order valence-electron chi connectivity index (χ1n) is 5.79. The van der Waals surface area contributed by atoms with Crippen LogP contribution in [0.3, 0.4) is 0 Å². The van der Waals surface area contributed by atoms with E-state index in [9.17, 15) is 15.3 Å². The van der Waals surface area contributed by atoms with E-state index in [4.69, 9.17) is 5.41 Å². The fourth-order valence-electron chi connectivity index (χ4n) is 2.08. The molecule has 1 rings (SSSR count). The molecule has 0 radical (unpaired) electrons. The Morgan fingerprint density at radius 1 is 1.35 bits per heavy atom. The van der Waals surface area contributed by atoms with Crippen LogP contribution in [0.25, 0.3) is 0 Å². The quantitative estimate of drug-likeness (QED) is 0.419. The van der Waals surface area contributed by atoms with Crippen LogP contribution in [-0.4, -0.2) is 63.0 Å². The number of aliphatic hydroxyl groups excluding tert-OH is 3. The molecule has 0 amide bonds. The molecular weight excluding hydrogens is 240 g/mol. The highest BCUT2D eigenvalue weighted by Crippen LogP contribution is 2.35. The van der Waals surface area contributed by atoms with Crippen LogP contribution in [0, 0.1) is 11.3 Å². The molecule has 0 heterocycles. The van der Waals surface area contributed by atoms with Gasteiger partial charge in [0.2, 0.25) is 0 Å². The van der Waals surface area contributed by atoms with Crippen molar-refractivity contribution in [3.8, 4) is 0 Å². The van der Waals surface area contributed by atoms with Gasteiger partial charge in [-0.3, -0.25) is 5.41 Å². The number of nitrogens with zero attached hydrogens (tertiary/aromatic N) is 1. The number of thioether (sulfide) groups is 1. The van der Waals surface area contributed by atoms with Crippen molar-refractivity contribution >= 4 is 16.9 Å². The number of amidine groups is 1. The Morgan fingerprint density at radius 3 is 2.41 bits per heavy atom. The van der Waals surface area contributed by atoms with Gasteiger partial charge >= 0.3 is 0 Å². The Labute approximate surface area is 106 Å². The third kappa shape index (κ3) is 3.84. The van der Waals surface area contributed by atoms with Crippen LogP contribution in [0.2, 0.25) is 0 Å². The molecule has 1 unspecified atom stereocenters. The molecule has 1 saturated carbocycles. The molecule has 0 aromatic rings. The molecule has 1 aliphatic rings. The molecule has 0 bridgehead atoms. The Morgan fingerprint density at radius 2 is 1.94 bits per heavy atom. The van der Waals surface area contributed by atoms with Crippen LogP contribution in [0.15, 0.2) is 0 Å². The van der Waals surface area contributed by atoms with Gasteiger partial charge in [-0.15, -0.1) is 0 Å². The first-order valence-corrected chi connectivity index (χ1v) is 6.67. The van der Waals surface area contributed by atoms with E-state index in [2.05, 4.69) is 0 Å². The number of aliphatic hydroxyl groups is 3. The summed E-state index contributed by atoms with van der Waals surface area (Å²) in [5.41, 5.74) is 0. The standard InChI is InChI=1S/C11H22N2O3S/c1-6(14)8-4-7(5-9(15)10(8)16)17-11(12)13(2)3/h6-10,12,14-16H,4-5H2,1-3H3/t6-,7-,8+,9+,10?/m0/s1. The Kier molecular flexibility index (Phi) is 5.24.